The molecule has 2 atom stereocenters. The first-order chi connectivity index (χ1) is 17.3. The minimum absolute atomic E-state index is 0.145. The van der Waals surface area contributed by atoms with Gasteiger partial charge in [-0.3, -0.25) is 5.32 Å². The Morgan fingerprint density at radius 3 is 2.65 bits per heavy atom. The molecule has 2 aliphatic heterocycles. The molecule has 200 valence electrons. The van der Waals surface area contributed by atoms with Crippen LogP contribution in [0.5, 0.6) is 5.88 Å². The first-order valence-electron chi connectivity index (χ1n) is 11.9. The minimum Gasteiger partial charge on any atom is -0.479 e. The predicted molar refractivity (Wildman–Crippen MR) is 141 cm³/mol. The van der Waals surface area contributed by atoms with Crippen molar-refractivity contribution in [1.82, 2.24) is 15.3 Å². The number of ether oxygens (including phenoxy) is 2. The summed E-state index contributed by atoms with van der Waals surface area (Å²) in [5.74, 6) is -0.506. The number of aromatic nitrogens is 2. The summed E-state index contributed by atoms with van der Waals surface area (Å²) in [6.07, 6.45) is -0.632. The highest BCUT2D eigenvalue weighted by molar-refractivity contribution is 8.13. The van der Waals surface area contributed by atoms with E-state index in [0.717, 1.165) is 5.69 Å². The lowest BCUT2D eigenvalue weighted by molar-refractivity contribution is 0.0564. The van der Waals surface area contributed by atoms with Gasteiger partial charge in [-0.25, -0.2) is 19.2 Å². The van der Waals surface area contributed by atoms with Crippen LogP contribution in [-0.4, -0.2) is 66.9 Å². The molecule has 1 amide bonds. The Labute approximate surface area is 219 Å². The summed E-state index contributed by atoms with van der Waals surface area (Å²) in [6, 6.07) is 4.92. The fraction of sp³-hybridized carbons (Fsp3) is 0.520. The normalized spacial score (nSPS) is 21.3. The first kappa shape index (κ1) is 26.9. The van der Waals surface area contributed by atoms with Crippen molar-refractivity contribution in [3.05, 3.63) is 41.1 Å². The van der Waals surface area contributed by atoms with E-state index in [-0.39, 0.29) is 30.0 Å². The third-order valence-electron chi connectivity index (χ3n) is 6.26. The third-order valence-corrected chi connectivity index (χ3v) is 7.30. The number of anilines is 2. The van der Waals surface area contributed by atoms with Gasteiger partial charge in [-0.2, -0.15) is 9.37 Å². The van der Waals surface area contributed by atoms with Crippen molar-refractivity contribution in [3.8, 4) is 5.88 Å². The van der Waals surface area contributed by atoms with Crippen molar-refractivity contribution in [2.24, 2.45) is 10.9 Å². The van der Waals surface area contributed by atoms with E-state index in [9.17, 15) is 9.18 Å². The van der Waals surface area contributed by atoms with Crippen LogP contribution in [0.15, 0.2) is 23.2 Å². The van der Waals surface area contributed by atoms with Gasteiger partial charge in [0.15, 0.2) is 5.17 Å². The number of thioether (sulfide) groups is 1. The van der Waals surface area contributed by atoms with Crippen molar-refractivity contribution >= 4 is 34.7 Å². The highest BCUT2D eigenvalue weighted by Gasteiger charge is 2.52. The van der Waals surface area contributed by atoms with Gasteiger partial charge in [0.2, 0.25) is 11.8 Å². The van der Waals surface area contributed by atoms with Gasteiger partial charge in [-0.05, 0) is 45.9 Å². The number of alkyl carbamates (subject to hydrolysis) is 1. The lowest BCUT2D eigenvalue weighted by Gasteiger charge is -2.36. The van der Waals surface area contributed by atoms with Crippen molar-refractivity contribution in [2.75, 3.05) is 49.8 Å². The topological polar surface area (TPSA) is 92.2 Å². The van der Waals surface area contributed by atoms with Gasteiger partial charge in [0, 0.05) is 43.6 Å². The van der Waals surface area contributed by atoms with Crippen LogP contribution in [0.3, 0.4) is 0 Å². The van der Waals surface area contributed by atoms with Crippen molar-refractivity contribution in [3.63, 3.8) is 0 Å². The molecule has 0 aliphatic carbocycles. The summed E-state index contributed by atoms with van der Waals surface area (Å²) < 4.78 is 40.4. The molecule has 0 radical (unpaired) electrons. The molecule has 1 fully saturated rings. The molecule has 1 N–H and O–H groups in total. The molecule has 0 saturated carbocycles. The van der Waals surface area contributed by atoms with Crippen LogP contribution in [-0.2, 0) is 10.3 Å². The van der Waals surface area contributed by atoms with Crippen molar-refractivity contribution < 1.29 is 23.0 Å². The van der Waals surface area contributed by atoms with Crippen LogP contribution in [0.1, 0.15) is 32.0 Å². The zero-order chi connectivity index (χ0) is 27.1. The number of rotatable bonds is 4. The van der Waals surface area contributed by atoms with E-state index >= 15 is 4.39 Å². The second-order valence-corrected chi connectivity index (χ2v) is 11.4. The summed E-state index contributed by atoms with van der Waals surface area (Å²) in [4.78, 5) is 29.8. The van der Waals surface area contributed by atoms with Gasteiger partial charge in [0.25, 0.3) is 5.88 Å². The molecular formula is C25H32F2N6O3S. The molecule has 2 aliphatic rings. The number of carbonyl (C=O) groups excluding carboxylic acids is 1. The van der Waals surface area contributed by atoms with Crippen LogP contribution in [0.4, 0.5) is 25.2 Å². The maximum atomic E-state index is 15.5. The fourth-order valence-electron chi connectivity index (χ4n) is 4.50. The average molecular weight is 535 g/mol. The summed E-state index contributed by atoms with van der Waals surface area (Å²) in [6.45, 7) is 7.54. The first-order valence-corrected chi connectivity index (χ1v) is 12.8. The highest BCUT2D eigenvalue weighted by atomic mass is 32.2. The van der Waals surface area contributed by atoms with Gasteiger partial charge >= 0.3 is 6.09 Å². The molecule has 1 saturated heterocycles. The standard InChI is InChI=1S/C25H32F2N6O3S/c1-14-19(27)20(35-7)29-21(28-14)33-11-15-12-37-22(30-23(34)36-24(2,3)4)31-25(15,13-33)17-10-16(32(5)6)8-9-18(17)26/h8-10,15H,11-13H2,1-7H3,(H,30,31,34). The number of carbonyl (C=O) groups is 1. The molecule has 2 unspecified atom stereocenters. The van der Waals surface area contributed by atoms with E-state index < -0.39 is 28.9 Å². The molecule has 12 heteroatoms. The number of amidine groups is 1. The molecule has 3 heterocycles. The predicted octanol–water partition coefficient (Wildman–Crippen LogP) is 4.10. The van der Waals surface area contributed by atoms with Crippen molar-refractivity contribution in [2.45, 2.75) is 38.8 Å². The van der Waals surface area contributed by atoms with E-state index in [1.54, 1.807) is 39.8 Å². The zero-order valence-corrected chi connectivity index (χ0v) is 22.9. The summed E-state index contributed by atoms with van der Waals surface area (Å²) in [5, 5.41) is 3.07. The van der Waals surface area contributed by atoms with Crippen LogP contribution >= 0.6 is 11.8 Å². The van der Waals surface area contributed by atoms with E-state index in [2.05, 4.69) is 15.3 Å². The summed E-state index contributed by atoms with van der Waals surface area (Å²) >= 11 is 1.37. The van der Waals surface area contributed by atoms with Crippen LogP contribution in [0, 0.1) is 24.5 Å². The zero-order valence-electron chi connectivity index (χ0n) is 22.1. The van der Waals surface area contributed by atoms with Gasteiger partial charge in [0.1, 0.15) is 17.0 Å². The Morgan fingerprint density at radius 1 is 1.27 bits per heavy atom. The maximum Gasteiger partial charge on any atom is 0.413 e. The summed E-state index contributed by atoms with van der Waals surface area (Å²) in [7, 11) is 5.10. The largest absolute Gasteiger partial charge is 0.479 e. The SMILES string of the molecule is COc1nc(N2CC3CSC(NC(=O)OC(C)(C)C)=NC3(c3cc(N(C)C)ccc3F)C2)nc(C)c1F. The molecular weight excluding hydrogens is 502 g/mol. The number of benzene rings is 1. The number of hydrogen-bond donors (Lipinski definition) is 1. The number of fused-ring (bicyclic) bond motifs is 1. The molecule has 1 aromatic carbocycles. The third kappa shape index (κ3) is 5.43. The van der Waals surface area contributed by atoms with E-state index in [1.807, 2.05) is 23.9 Å². The van der Waals surface area contributed by atoms with E-state index in [0.29, 0.717) is 23.0 Å². The van der Waals surface area contributed by atoms with Crippen LogP contribution in [0.25, 0.3) is 0 Å². The molecule has 2 aromatic rings. The van der Waals surface area contributed by atoms with E-state index in [1.165, 1.54) is 24.9 Å². The van der Waals surface area contributed by atoms with Gasteiger partial charge < -0.3 is 19.3 Å². The number of nitrogens with zero attached hydrogens (tertiary/aromatic N) is 5. The number of hydrogen-bond acceptors (Lipinski definition) is 9. The van der Waals surface area contributed by atoms with Gasteiger partial charge in [-0.1, -0.05) is 11.8 Å². The second-order valence-electron chi connectivity index (χ2n) is 10.3. The number of aliphatic imine (C=N–C) groups is 1. The Morgan fingerprint density at radius 2 is 2.00 bits per heavy atom. The number of methoxy groups -OCH3 is 1. The smallest absolute Gasteiger partial charge is 0.413 e. The van der Waals surface area contributed by atoms with Gasteiger partial charge in [0.05, 0.1) is 19.3 Å². The quantitative estimate of drug-likeness (QED) is 0.627. The monoisotopic (exact) mass is 534 g/mol. The minimum atomic E-state index is -1.05. The number of aryl methyl sites for hydroxylation is 1. The molecule has 1 aromatic heterocycles. The molecule has 4 rings (SSSR count). The number of amides is 1. The van der Waals surface area contributed by atoms with E-state index in [4.69, 9.17) is 14.5 Å². The molecule has 0 spiro atoms. The average Bonchev–Trinajstić information content (AvgIpc) is 3.19. The Balaban J connectivity index is 1.79. The van der Waals surface area contributed by atoms with Crippen LogP contribution in [0.2, 0.25) is 0 Å². The maximum absolute atomic E-state index is 15.5. The Bertz CT molecular complexity index is 1240. The summed E-state index contributed by atoms with van der Waals surface area (Å²) in [5.41, 5.74) is -0.367. The second kappa shape index (κ2) is 9.96. The Kier molecular flexibility index (Phi) is 7.24. The van der Waals surface area contributed by atoms with Gasteiger partial charge in [-0.15, -0.1) is 0 Å². The molecule has 0 bridgehead atoms. The lowest BCUT2D eigenvalue weighted by Crippen LogP contribution is -2.44. The highest BCUT2D eigenvalue weighted by Crippen LogP contribution is 2.48. The Hall–Kier alpha value is -3.15. The fourth-order valence-corrected chi connectivity index (χ4v) is 5.63. The molecule has 9 nitrogen and oxygen atoms in total. The number of halogens is 2. The van der Waals surface area contributed by atoms with Crippen LogP contribution < -0.4 is 19.9 Å². The molecule has 37 heavy (non-hydrogen) atoms. The van der Waals surface area contributed by atoms with Crippen molar-refractivity contribution in [1.29, 1.82) is 0 Å². The number of nitrogens with one attached hydrogen (secondary N) is 1. The lowest BCUT2D eigenvalue weighted by atomic mass is 9.81.